The van der Waals surface area contributed by atoms with Gasteiger partial charge in [-0.2, -0.15) is 18.8 Å². The van der Waals surface area contributed by atoms with Gasteiger partial charge in [-0.15, -0.1) is 41.4 Å². The Balaban J connectivity index is 0.00000480. The first kappa shape index (κ1) is 41.6. The van der Waals surface area contributed by atoms with Crippen molar-refractivity contribution in [1.82, 2.24) is 23.6 Å². The molecule has 8 aromatic carbocycles. The molecule has 4 aromatic heterocycles. The van der Waals surface area contributed by atoms with Gasteiger partial charge >= 0.3 is 0 Å². The zero-order valence-electron chi connectivity index (χ0n) is 37.8. The van der Waals surface area contributed by atoms with E-state index in [1.54, 1.807) is 0 Å². The Morgan fingerprint density at radius 2 is 0.971 bits per heavy atom. The largest absolute Gasteiger partial charge is 0.509 e. The molecule has 0 fully saturated rings. The summed E-state index contributed by atoms with van der Waals surface area (Å²) in [7, 11) is 2.06. The van der Waals surface area contributed by atoms with Crippen LogP contribution in [0.15, 0.2) is 194 Å². The maximum Gasteiger partial charge on any atom is 0.135 e. The van der Waals surface area contributed by atoms with Gasteiger partial charge in [0.2, 0.25) is 0 Å². The summed E-state index contributed by atoms with van der Waals surface area (Å²) in [6.45, 7) is 8.53. The molecule has 0 N–H and O–H groups in total. The molecule has 0 aliphatic carbocycles. The fourth-order valence-electron chi connectivity index (χ4n) is 10.4. The fourth-order valence-corrected chi connectivity index (χ4v) is 10.4. The van der Waals surface area contributed by atoms with Gasteiger partial charge in [-0.3, -0.25) is 0 Å². The topological polar surface area (TPSA) is 43.4 Å². The monoisotopic (exact) mass is 1060 g/mol. The molecule has 1 aliphatic heterocycles. The Hall–Kier alpha value is -7.86. The van der Waals surface area contributed by atoms with E-state index in [2.05, 4.69) is 234 Å². The van der Waals surface area contributed by atoms with Crippen LogP contribution in [0.3, 0.4) is 0 Å². The molecule has 0 amide bonds. The minimum Gasteiger partial charge on any atom is -0.509 e. The van der Waals surface area contributed by atoms with Gasteiger partial charge < -0.3 is 28.2 Å². The molecule has 7 nitrogen and oxygen atoms in total. The van der Waals surface area contributed by atoms with Gasteiger partial charge in [0.1, 0.15) is 5.82 Å². The van der Waals surface area contributed by atoms with Gasteiger partial charge in [-0.05, 0) is 93.0 Å². The number of fused-ring (bicyclic) bond motifs is 9. The first-order valence-electron chi connectivity index (χ1n) is 22.7. The quantitative estimate of drug-likeness (QED) is 0.149. The van der Waals surface area contributed by atoms with Crippen LogP contribution in [0, 0.1) is 25.7 Å². The molecule has 0 bridgehead atoms. The summed E-state index contributed by atoms with van der Waals surface area (Å²) in [6.07, 6.45) is 2.07. The Morgan fingerprint density at radius 3 is 1.49 bits per heavy atom. The van der Waals surface area contributed by atoms with Crippen molar-refractivity contribution < 1.29 is 25.8 Å². The molecule has 0 spiro atoms. The average Bonchev–Trinajstić information content (AvgIpc) is 4.07. The Labute approximate surface area is 408 Å². The number of ether oxygens (including phenoxy) is 1. The second-order valence-electron chi connectivity index (χ2n) is 17.5. The molecule has 13 rings (SSSR count). The van der Waals surface area contributed by atoms with E-state index in [0.29, 0.717) is 11.5 Å². The van der Waals surface area contributed by atoms with Crippen molar-refractivity contribution in [2.24, 2.45) is 0 Å². The zero-order valence-corrected chi connectivity index (χ0v) is 40.1. The van der Waals surface area contributed by atoms with Crippen LogP contribution in [-0.2, 0) is 21.1 Å². The minimum atomic E-state index is 0. The number of allylic oxidation sites excluding steroid dienone is 2. The molecule has 8 heteroatoms. The SMILES string of the molecule is CC1=C(C)N(c2[c-]c(Oc3[c-]c4c(cc3)c3ccccc3n4-c3cc(C)c(-c4c(-n5c6ccccc6c6ccccc65)cccc4-n4c5ccccc5c5ccccc54)cn3)ccc2)[CH-]N1C.[Pt]. The summed E-state index contributed by atoms with van der Waals surface area (Å²) in [6, 6.07) is 69.6. The van der Waals surface area contributed by atoms with E-state index < -0.39 is 0 Å². The van der Waals surface area contributed by atoms with Crippen LogP contribution in [0.5, 0.6) is 11.5 Å². The number of para-hydroxylation sites is 5. The van der Waals surface area contributed by atoms with E-state index in [-0.39, 0.29) is 21.1 Å². The third-order valence-corrected chi connectivity index (χ3v) is 13.7. The van der Waals surface area contributed by atoms with Gasteiger partial charge in [0, 0.05) is 82.6 Å². The number of aromatic nitrogens is 4. The van der Waals surface area contributed by atoms with E-state index >= 15 is 0 Å². The molecule has 68 heavy (non-hydrogen) atoms. The number of anilines is 1. The summed E-state index contributed by atoms with van der Waals surface area (Å²) in [5.74, 6) is 2.01. The van der Waals surface area contributed by atoms with Crippen molar-refractivity contribution >= 4 is 71.1 Å². The van der Waals surface area contributed by atoms with Gasteiger partial charge in [0.05, 0.1) is 33.4 Å². The number of aryl methyl sites for hydroxylation is 1. The predicted octanol–water partition coefficient (Wildman–Crippen LogP) is 14.9. The van der Waals surface area contributed by atoms with Crippen LogP contribution < -0.4 is 9.64 Å². The molecule has 0 atom stereocenters. The van der Waals surface area contributed by atoms with Crippen LogP contribution in [-0.4, -0.2) is 30.6 Å². The second-order valence-corrected chi connectivity index (χ2v) is 17.5. The number of benzene rings is 8. The van der Waals surface area contributed by atoms with Gasteiger partial charge in [0.15, 0.2) is 0 Å². The van der Waals surface area contributed by atoms with E-state index in [4.69, 9.17) is 9.72 Å². The summed E-state index contributed by atoms with van der Waals surface area (Å²) >= 11 is 0. The van der Waals surface area contributed by atoms with Crippen molar-refractivity contribution in [3.05, 3.63) is 218 Å². The summed E-state index contributed by atoms with van der Waals surface area (Å²) < 4.78 is 13.6. The van der Waals surface area contributed by atoms with Crippen molar-refractivity contribution in [2.45, 2.75) is 20.8 Å². The number of rotatable bonds is 7. The van der Waals surface area contributed by atoms with Gasteiger partial charge in [0.25, 0.3) is 0 Å². The number of nitrogens with zero attached hydrogens (tertiary/aromatic N) is 6. The molecule has 12 aromatic rings. The summed E-state index contributed by atoms with van der Waals surface area (Å²) in [4.78, 5) is 9.66. The van der Waals surface area contributed by atoms with Crippen molar-refractivity contribution in [1.29, 1.82) is 0 Å². The third kappa shape index (κ3) is 6.33. The number of hydrogen-bond donors (Lipinski definition) is 0. The molecule has 0 radical (unpaired) electrons. The molecule has 0 saturated heterocycles. The zero-order chi connectivity index (χ0) is 44.9. The van der Waals surface area contributed by atoms with E-state index in [9.17, 15) is 0 Å². The number of hydrogen-bond acceptors (Lipinski definition) is 4. The smallest absolute Gasteiger partial charge is 0.135 e. The normalized spacial score (nSPS) is 13.0. The molecule has 5 heterocycles. The maximum absolute atomic E-state index is 6.56. The Bertz CT molecular complexity index is 3780. The fraction of sp³-hybridized carbons (Fsp3) is 0.0667. The van der Waals surface area contributed by atoms with Crippen LogP contribution in [0.4, 0.5) is 5.69 Å². The maximum atomic E-state index is 6.56. The van der Waals surface area contributed by atoms with E-state index in [0.717, 1.165) is 89.1 Å². The molecule has 332 valence electrons. The molecule has 1 aliphatic rings. The first-order valence-corrected chi connectivity index (χ1v) is 22.7. The van der Waals surface area contributed by atoms with Crippen LogP contribution in [0.1, 0.15) is 19.4 Å². The first-order chi connectivity index (χ1) is 32.9. The second kappa shape index (κ2) is 16.2. The van der Waals surface area contributed by atoms with E-state index in [1.165, 1.54) is 27.2 Å². The summed E-state index contributed by atoms with van der Waals surface area (Å²) in [5.41, 5.74) is 15.2. The van der Waals surface area contributed by atoms with Crippen molar-refractivity contribution in [3.63, 3.8) is 0 Å². The summed E-state index contributed by atoms with van der Waals surface area (Å²) in [5, 5.41) is 7.05. The van der Waals surface area contributed by atoms with Crippen LogP contribution >= 0.6 is 0 Å². The van der Waals surface area contributed by atoms with Gasteiger partial charge in [-0.1, -0.05) is 103 Å². The Kier molecular flexibility index (Phi) is 9.89. The van der Waals surface area contributed by atoms with Crippen LogP contribution in [0.25, 0.3) is 93.7 Å². The molecule has 0 unspecified atom stereocenters. The molecule has 0 saturated carbocycles. The van der Waals surface area contributed by atoms with E-state index in [1.807, 2.05) is 18.2 Å². The number of pyridine rings is 1. The standard InChI is InChI=1S/C60H43N6O.Pt/c1-38-33-59(66-55-28-14-9-23-48(55)49-32-31-43(35-58(49)66)67-42-18-15-17-41(34-42)63-37-62(4)39(2)40(63)3)61-36-50(38)60-56(64-51-24-10-5-19-44(51)45-20-6-11-25-52(45)64)29-16-30-57(60)65-53-26-12-7-21-46(53)47-22-8-13-27-54(47)65;/h5-33,36-37H,1-4H3;/q-3;. The molecular formula is C60H43N6OPt-3. The third-order valence-electron chi connectivity index (χ3n) is 13.7. The Morgan fingerprint density at radius 1 is 0.485 bits per heavy atom. The minimum absolute atomic E-state index is 0. The van der Waals surface area contributed by atoms with Crippen molar-refractivity contribution in [3.8, 4) is 39.8 Å². The predicted molar refractivity (Wildman–Crippen MR) is 275 cm³/mol. The molecular weight excluding hydrogens is 1020 g/mol. The van der Waals surface area contributed by atoms with Crippen molar-refractivity contribution in [2.75, 3.05) is 11.9 Å². The van der Waals surface area contributed by atoms with Gasteiger partial charge in [-0.25, -0.2) is 4.98 Å². The average molecular weight is 1060 g/mol. The van der Waals surface area contributed by atoms with Crippen LogP contribution in [0.2, 0.25) is 0 Å².